The van der Waals surface area contributed by atoms with E-state index in [1.54, 1.807) is 36.6 Å². The first-order valence-corrected chi connectivity index (χ1v) is 12.4. The minimum atomic E-state index is -4.31. The number of nitrogens with zero attached hydrogens (tertiary/aromatic N) is 6. The predicted molar refractivity (Wildman–Crippen MR) is 129 cm³/mol. The van der Waals surface area contributed by atoms with Gasteiger partial charge in [-0.15, -0.1) is 0 Å². The molecule has 4 heterocycles. The summed E-state index contributed by atoms with van der Waals surface area (Å²) in [6, 6.07) is 3.34. The normalized spacial score (nSPS) is 15.0. The summed E-state index contributed by atoms with van der Waals surface area (Å²) in [4.78, 5) is 15.9. The van der Waals surface area contributed by atoms with Crippen LogP contribution in [0.3, 0.4) is 0 Å². The van der Waals surface area contributed by atoms with Gasteiger partial charge < -0.3 is 15.1 Å². The van der Waals surface area contributed by atoms with Crippen LogP contribution in [0.2, 0.25) is 0 Å². The number of benzene rings is 1. The summed E-state index contributed by atoms with van der Waals surface area (Å²) < 4.78 is 57.9. The van der Waals surface area contributed by atoms with Gasteiger partial charge in [0.15, 0.2) is 11.6 Å². The van der Waals surface area contributed by atoms with Crippen LogP contribution in [-0.4, -0.2) is 72.5 Å². The molecule has 35 heavy (non-hydrogen) atoms. The second kappa shape index (κ2) is 8.86. The highest BCUT2D eigenvalue weighted by Crippen LogP contribution is 2.32. The molecule has 0 bridgehead atoms. The minimum Gasteiger partial charge on any atom is -0.372 e. The molecule has 12 heteroatoms. The maximum Gasteiger partial charge on any atom is 0.268 e. The first-order chi connectivity index (χ1) is 16.8. The Morgan fingerprint density at radius 3 is 2.31 bits per heavy atom. The number of hydrogen-bond donors (Lipinski definition) is 1. The van der Waals surface area contributed by atoms with Gasteiger partial charge in [0.25, 0.3) is 10.0 Å². The zero-order valence-electron chi connectivity index (χ0n) is 19.1. The van der Waals surface area contributed by atoms with Gasteiger partial charge in [0.1, 0.15) is 11.5 Å². The van der Waals surface area contributed by atoms with Gasteiger partial charge >= 0.3 is 0 Å². The molecule has 1 aliphatic rings. The smallest absolute Gasteiger partial charge is 0.268 e. The molecule has 5 rings (SSSR count). The Hall–Kier alpha value is -3.64. The third-order valence-electron chi connectivity index (χ3n) is 6.13. The summed E-state index contributed by atoms with van der Waals surface area (Å²) >= 11 is 0. The molecule has 1 aromatic carbocycles. The van der Waals surface area contributed by atoms with Crippen LogP contribution >= 0.6 is 0 Å². The van der Waals surface area contributed by atoms with Gasteiger partial charge in [0.05, 0.1) is 34.7 Å². The lowest BCUT2D eigenvalue weighted by Gasteiger charge is -2.34. The van der Waals surface area contributed by atoms with Crippen LogP contribution in [0, 0.1) is 11.6 Å². The largest absolute Gasteiger partial charge is 0.372 e. The molecule has 3 aromatic heterocycles. The fourth-order valence-electron chi connectivity index (χ4n) is 4.18. The molecule has 0 aliphatic carbocycles. The third-order valence-corrected chi connectivity index (χ3v) is 7.80. The number of halogens is 2. The van der Waals surface area contributed by atoms with Crippen LogP contribution in [0.15, 0.2) is 54.1 Å². The molecule has 1 N–H and O–H groups in total. The Morgan fingerprint density at radius 1 is 0.971 bits per heavy atom. The zero-order chi connectivity index (χ0) is 24.7. The standard InChI is InChI=1S/C23H23F2N7O2S/c1-26-22-14-28-20(12-29-22)17-11-27-13-21-16(17)3-4-32(21)35(33,34)15-9-18(24)23(19(25)10-15)31-7-5-30(2)6-8-31/h3-4,9-14H,5-8H2,1-2H3,(H,26,29). The van der Waals surface area contributed by atoms with Crippen LogP contribution in [0.5, 0.6) is 0 Å². The van der Waals surface area contributed by atoms with Crippen molar-refractivity contribution in [3.8, 4) is 11.3 Å². The summed E-state index contributed by atoms with van der Waals surface area (Å²) in [5.41, 5.74) is 1.13. The number of nitrogens with one attached hydrogen (secondary N) is 1. The predicted octanol–water partition coefficient (Wildman–Crippen LogP) is 2.80. The first kappa shape index (κ1) is 23.1. The summed E-state index contributed by atoms with van der Waals surface area (Å²) in [5, 5.41) is 3.44. The summed E-state index contributed by atoms with van der Waals surface area (Å²) in [5.74, 6) is -1.25. The molecule has 9 nitrogen and oxygen atoms in total. The van der Waals surface area contributed by atoms with E-state index in [1.165, 1.54) is 12.4 Å². The topological polar surface area (TPSA) is 96.2 Å². The molecular formula is C23H23F2N7O2S. The molecule has 0 atom stereocenters. The molecular weight excluding hydrogens is 476 g/mol. The number of hydrogen-bond acceptors (Lipinski definition) is 8. The highest BCUT2D eigenvalue weighted by Gasteiger charge is 2.27. The number of likely N-dealkylation sites (N-methyl/N-ethyl adjacent to an activating group) is 1. The van der Waals surface area contributed by atoms with Crippen LogP contribution in [0.4, 0.5) is 20.3 Å². The molecule has 1 aliphatic heterocycles. The second-order valence-corrected chi connectivity index (χ2v) is 10.1. The maximum absolute atomic E-state index is 15.0. The lowest BCUT2D eigenvalue weighted by Crippen LogP contribution is -2.45. The zero-order valence-corrected chi connectivity index (χ0v) is 19.9. The van der Waals surface area contributed by atoms with Crippen molar-refractivity contribution in [1.82, 2.24) is 23.8 Å². The number of rotatable bonds is 5. The van der Waals surface area contributed by atoms with E-state index >= 15 is 8.78 Å². The third kappa shape index (κ3) is 4.08. The van der Waals surface area contributed by atoms with E-state index in [2.05, 4.69) is 25.2 Å². The molecule has 1 fully saturated rings. The van der Waals surface area contributed by atoms with Crippen LogP contribution in [-0.2, 0) is 10.0 Å². The summed E-state index contributed by atoms with van der Waals surface area (Å²) in [7, 11) is -0.651. The fourth-order valence-corrected chi connectivity index (χ4v) is 5.54. The van der Waals surface area contributed by atoms with Crippen LogP contribution in [0.1, 0.15) is 0 Å². The second-order valence-electron chi connectivity index (χ2n) is 8.30. The van der Waals surface area contributed by atoms with E-state index in [0.29, 0.717) is 48.6 Å². The highest BCUT2D eigenvalue weighted by atomic mass is 32.2. The Bertz CT molecular complexity index is 1480. The van der Waals surface area contributed by atoms with Crippen LogP contribution in [0.25, 0.3) is 22.2 Å². The summed E-state index contributed by atoms with van der Waals surface area (Å²) in [6.45, 7) is 2.22. The summed E-state index contributed by atoms with van der Waals surface area (Å²) in [6.07, 6.45) is 7.39. The monoisotopic (exact) mass is 499 g/mol. The van der Waals surface area contributed by atoms with Crippen molar-refractivity contribution in [3.05, 3.63) is 60.8 Å². The van der Waals surface area contributed by atoms with Crippen LogP contribution < -0.4 is 10.2 Å². The van der Waals surface area contributed by atoms with Crippen molar-refractivity contribution in [2.45, 2.75) is 4.90 Å². The Morgan fingerprint density at radius 2 is 1.69 bits per heavy atom. The average molecular weight is 500 g/mol. The van der Waals surface area contributed by atoms with E-state index in [1.807, 2.05) is 7.05 Å². The lowest BCUT2D eigenvalue weighted by atomic mass is 10.1. The van der Waals surface area contributed by atoms with E-state index in [-0.39, 0.29) is 11.2 Å². The van der Waals surface area contributed by atoms with Gasteiger partial charge in [-0.05, 0) is 25.2 Å². The highest BCUT2D eigenvalue weighted by molar-refractivity contribution is 7.90. The van der Waals surface area contributed by atoms with Gasteiger partial charge in [-0.1, -0.05) is 0 Å². The van der Waals surface area contributed by atoms with Gasteiger partial charge in [0.2, 0.25) is 0 Å². The molecule has 0 spiro atoms. The van der Waals surface area contributed by atoms with Gasteiger partial charge in [-0.2, -0.15) is 0 Å². The molecule has 1 saturated heterocycles. The van der Waals surface area contributed by atoms with E-state index < -0.39 is 26.6 Å². The first-order valence-electron chi connectivity index (χ1n) is 10.9. The van der Waals surface area contributed by atoms with E-state index in [0.717, 1.165) is 16.1 Å². The molecule has 0 saturated carbocycles. The van der Waals surface area contributed by atoms with Crippen molar-refractivity contribution in [1.29, 1.82) is 0 Å². The van der Waals surface area contributed by atoms with Gasteiger partial charge in [-0.25, -0.2) is 26.2 Å². The quantitative estimate of drug-likeness (QED) is 0.448. The van der Waals surface area contributed by atoms with Gasteiger partial charge in [-0.3, -0.25) is 9.97 Å². The average Bonchev–Trinajstić information content (AvgIpc) is 3.30. The fraction of sp³-hybridized carbons (Fsp3) is 0.261. The maximum atomic E-state index is 15.0. The number of fused-ring (bicyclic) bond motifs is 1. The minimum absolute atomic E-state index is 0.207. The number of pyridine rings is 1. The molecule has 0 radical (unpaired) electrons. The Balaban J connectivity index is 1.55. The van der Waals surface area contributed by atoms with Crippen molar-refractivity contribution < 1.29 is 17.2 Å². The number of anilines is 2. The number of aromatic nitrogens is 4. The van der Waals surface area contributed by atoms with E-state index in [4.69, 9.17) is 0 Å². The Kier molecular flexibility index (Phi) is 5.85. The van der Waals surface area contributed by atoms with Crippen molar-refractivity contribution in [3.63, 3.8) is 0 Å². The molecule has 0 unspecified atom stereocenters. The lowest BCUT2D eigenvalue weighted by molar-refractivity contribution is 0.310. The van der Waals surface area contributed by atoms with E-state index in [9.17, 15) is 8.42 Å². The molecule has 182 valence electrons. The molecule has 4 aromatic rings. The van der Waals surface area contributed by atoms with Gasteiger partial charge in [0, 0.05) is 56.6 Å². The Labute approximate surface area is 201 Å². The number of piperazine rings is 1. The van der Waals surface area contributed by atoms with Crippen molar-refractivity contribution >= 4 is 32.4 Å². The molecule has 0 amide bonds. The SMILES string of the molecule is CNc1cnc(-c2cncc3c2ccn3S(=O)(=O)c2cc(F)c(N3CCN(C)CC3)c(F)c2)cn1. The van der Waals surface area contributed by atoms with Crippen molar-refractivity contribution in [2.24, 2.45) is 0 Å². The van der Waals surface area contributed by atoms with Crippen molar-refractivity contribution in [2.75, 3.05) is 50.5 Å².